The minimum absolute atomic E-state index is 0.0562. The van der Waals surface area contributed by atoms with E-state index in [1.165, 1.54) is 18.2 Å². The summed E-state index contributed by atoms with van der Waals surface area (Å²) in [5, 5.41) is 19.0. The van der Waals surface area contributed by atoms with Gasteiger partial charge in [-0.2, -0.15) is 4.90 Å². The molecule has 16 heteroatoms. The van der Waals surface area contributed by atoms with Gasteiger partial charge in [-0.1, -0.05) is 18.2 Å². The first-order valence-corrected chi connectivity index (χ1v) is 21.5. The smallest absolute Gasteiger partial charge is 0.425 e. The van der Waals surface area contributed by atoms with Crippen molar-refractivity contribution in [2.24, 2.45) is 0 Å². The van der Waals surface area contributed by atoms with E-state index in [1.54, 1.807) is 78.9 Å². The van der Waals surface area contributed by atoms with E-state index in [-0.39, 0.29) is 44.8 Å². The molecule has 6 rings (SSSR count). The van der Waals surface area contributed by atoms with Crippen molar-refractivity contribution in [1.82, 2.24) is 10.3 Å². The number of carbonyl (C=O) groups excluding carboxylic acids is 3. The zero-order chi connectivity index (χ0) is 43.7. The summed E-state index contributed by atoms with van der Waals surface area (Å²) in [4.78, 5) is 57.8. The van der Waals surface area contributed by atoms with Gasteiger partial charge in [0, 0.05) is 35.1 Å². The predicted octanol–water partition coefficient (Wildman–Crippen LogP) is 8.39. The van der Waals surface area contributed by atoms with Gasteiger partial charge in [0.1, 0.15) is 17.0 Å². The number of rotatable bonds is 14. The van der Waals surface area contributed by atoms with Gasteiger partial charge >= 0.3 is 18.2 Å². The van der Waals surface area contributed by atoms with Crippen LogP contribution in [0.5, 0.6) is 0 Å². The van der Waals surface area contributed by atoms with E-state index in [9.17, 15) is 32.7 Å². The van der Waals surface area contributed by atoms with Crippen LogP contribution in [0.4, 0.5) is 31.2 Å². The van der Waals surface area contributed by atoms with Crippen molar-refractivity contribution >= 4 is 61.9 Å². The number of aryl methyl sites for hydroxylation is 1. The summed E-state index contributed by atoms with van der Waals surface area (Å²) in [6, 6.07) is 13.2. The van der Waals surface area contributed by atoms with Crippen LogP contribution in [0.2, 0.25) is 0 Å². The summed E-state index contributed by atoms with van der Waals surface area (Å²) in [7, 11) is -1.71. The maximum Gasteiger partial charge on any atom is 0.425 e. The summed E-state index contributed by atoms with van der Waals surface area (Å²) in [5.41, 5.74) is 1.56. The Bertz CT molecular complexity index is 2410. The Morgan fingerprint density at radius 2 is 1.52 bits per heavy atom. The molecule has 1 unspecified atom stereocenters. The molecule has 60 heavy (non-hydrogen) atoms. The molecular weight excluding hydrogens is 794 g/mol. The van der Waals surface area contributed by atoms with E-state index in [1.807, 2.05) is 6.07 Å². The maximum atomic E-state index is 15.5. The lowest BCUT2D eigenvalue weighted by Gasteiger charge is -2.28. The third-order valence-electron chi connectivity index (χ3n) is 9.86. The molecule has 3 aromatic carbocycles. The highest BCUT2D eigenvalue weighted by Crippen LogP contribution is 2.43. The normalized spacial score (nSPS) is 14.9. The molecule has 0 spiro atoms. The number of sulfone groups is 1. The fourth-order valence-electron chi connectivity index (χ4n) is 6.89. The number of nitrogens with zero attached hydrogens (tertiary/aromatic N) is 2. The molecule has 3 amide bonds. The summed E-state index contributed by atoms with van der Waals surface area (Å²) in [6.45, 7) is 10.1. The van der Waals surface area contributed by atoms with Gasteiger partial charge in [0.15, 0.2) is 21.7 Å². The van der Waals surface area contributed by atoms with Crippen LogP contribution in [0.15, 0.2) is 65.7 Å². The molecule has 4 aromatic rings. The van der Waals surface area contributed by atoms with Crippen molar-refractivity contribution in [2.75, 3.05) is 22.6 Å². The van der Waals surface area contributed by atoms with Gasteiger partial charge in [-0.15, -0.1) is 0 Å². The van der Waals surface area contributed by atoms with Crippen molar-refractivity contribution in [1.29, 1.82) is 0 Å². The number of imide groups is 1. The highest BCUT2D eigenvalue weighted by molar-refractivity contribution is 7.92. The average Bonchev–Trinajstić information content (AvgIpc) is 4.07. The lowest BCUT2D eigenvalue weighted by Crippen LogP contribution is -2.44. The second kappa shape index (κ2) is 17.2. The van der Waals surface area contributed by atoms with Gasteiger partial charge in [0.25, 0.3) is 0 Å². The van der Waals surface area contributed by atoms with Crippen molar-refractivity contribution < 1.29 is 46.6 Å². The SMILES string of the molecule is CNCc1cc(NC(=O)CCc2cc(C(Nc3ccc4c(N(C(=O)OC(C)(C)C)C(=O)OC(C)(C)C)ncc(F)c4c3)C(=O)O)ccc2C2CC2)ccc1S(=O)(=O)C1CC1. The van der Waals surface area contributed by atoms with Gasteiger partial charge in [-0.3, -0.25) is 4.79 Å². The number of benzene rings is 3. The Labute approximate surface area is 349 Å². The van der Waals surface area contributed by atoms with E-state index >= 15 is 4.39 Å². The van der Waals surface area contributed by atoms with E-state index in [2.05, 4.69) is 20.9 Å². The topological polar surface area (TPSA) is 193 Å². The van der Waals surface area contributed by atoms with Crippen LogP contribution in [0, 0.1) is 5.82 Å². The zero-order valence-corrected chi connectivity index (χ0v) is 35.7. The molecule has 0 saturated heterocycles. The summed E-state index contributed by atoms with van der Waals surface area (Å²) < 4.78 is 52.4. The molecule has 0 bridgehead atoms. The Hall–Kier alpha value is -5.61. The first kappa shape index (κ1) is 44.0. The van der Waals surface area contributed by atoms with E-state index in [0.717, 1.165) is 30.2 Å². The third-order valence-corrected chi connectivity index (χ3v) is 12.2. The van der Waals surface area contributed by atoms with Crippen LogP contribution in [0.25, 0.3) is 10.8 Å². The molecule has 2 fully saturated rings. The van der Waals surface area contributed by atoms with Crippen LogP contribution in [-0.2, 0) is 41.9 Å². The molecular formula is C44H52FN5O9S. The molecule has 0 aliphatic heterocycles. The summed E-state index contributed by atoms with van der Waals surface area (Å²) >= 11 is 0. The number of anilines is 3. The summed E-state index contributed by atoms with van der Waals surface area (Å²) in [6.07, 6.45) is 2.33. The Balaban J connectivity index is 1.23. The minimum atomic E-state index is -3.44. The number of amides is 3. The number of carboxylic acid groups (broad SMARTS) is 1. The number of nitrogens with one attached hydrogen (secondary N) is 3. The number of hydrogen-bond acceptors (Lipinski definition) is 11. The monoisotopic (exact) mass is 845 g/mol. The van der Waals surface area contributed by atoms with Gasteiger partial charge in [-0.05, 0) is 145 Å². The molecule has 14 nitrogen and oxygen atoms in total. The lowest BCUT2D eigenvalue weighted by molar-refractivity contribution is -0.138. The third kappa shape index (κ3) is 10.6. The van der Waals surface area contributed by atoms with E-state index in [0.29, 0.717) is 53.4 Å². The number of carbonyl (C=O) groups is 4. The average molecular weight is 846 g/mol. The fourth-order valence-corrected chi connectivity index (χ4v) is 8.76. The summed E-state index contributed by atoms with van der Waals surface area (Å²) in [5.74, 6) is -2.22. The Kier molecular flexibility index (Phi) is 12.6. The Morgan fingerprint density at radius 1 is 0.867 bits per heavy atom. The standard InChI is InChI=1S/C44H52FN5O9S/c1-43(2,3)58-41(54)50(42(55)59-44(4,5)6)39-33-17-12-30(22-34(33)35(45)24-47-39)49-38(40(52)53)27-10-16-32(25-8-9-25)26(20-27)11-19-37(51)48-29-13-18-36(28(21-29)23-46-7)60(56,57)31-14-15-31/h10,12-13,16-18,20-22,24-25,31,38,46,49H,8-9,11,14-15,19,23H2,1-7H3,(H,48,51)(H,52,53). The molecule has 2 saturated carbocycles. The van der Waals surface area contributed by atoms with E-state index in [4.69, 9.17) is 9.47 Å². The number of halogens is 1. The molecule has 2 aliphatic rings. The van der Waals surface area contributed by atoms with Crippen molar-refractivity contribution in [3.63, 3.8) is 0 Å². The van der Waals surface area contributed by atoms with Crippen LogP contribution in [0.1, 0.15) is 108 Å². The maximum absolute atomic E-state index is 15.5. The molecule has 320 valence electrons. The zero-order valence-electron chi connectivity index (χ0n) is 34.8. The highest BCUT2D eigenvalue weighted by Gasteiger charge is 2.38. The molecule has 1 atom stereocenters. The number of hydrogen-bond donors (Lipinski definition) is 4. The predicted molar refractivity (Wildman–Crippen MR) is 225 cm³/mol. The number of fused-ring (bicyclic) bond motifs is 1. The molecule has 4 N–H and O–H groups in total. The molecule has 0 radical (unpaired) electrons. The second-order valence-corrected chi connectivity index (χ2v) is 19.5. The van der Waals surface area contributed by atoms with Gasteiger partial charge in [0.05, 0.1) is 16.3 Å². The van der Waals surface area contributed by atoms with Crippen LogP contribution in [0.3, 0.4) is 0 Å². The number of aromatic nitrogens is 1. The number of pyridine rings is 1. The minimum Gasteiger partial charge on any atom is -0.479 e. The number of aliphatic carboxylic acids is 1. The van der Waals surface area contributed by atoms with Crippen LogP contribution < -0.4 is 20.9 Å². The van der Waals surface area contributed by atoms with Gasteiger partial charge in [0.2, 0.25) is 5.91 Å². The van der Waals surface area contributed by atoms with Crippen LogP contribution in [-0.4, -0.2) is 66.1 Å². The first-order valence-electron chi connectivity index (χ1n) is 19.9. The fraction of sp³-hybridized carbons (Fsp3) is 0.432. The lowest BCUT2D eigenvalue weighted by atomic mass is 9.94. The van der Waals surface area contributed by atoms with Gasteiger partial charge in [-0.25, -0.2) is 32.2 Å². The Morgan fingerprint density at radius 3 is 2.10 bits per heavy atom. The molecule has 2 aliphatic carbocycles. The van der Waals surface area contributed by atoms with Crippen LogP contribution >= 0.6 is 0 Å². The number of carboxylic acids is 1. The van der Waals surface area contributed by atoms with Gasteiger partial charge < -0.3 is 30.5 Å². The molecule has 1 heterocycles. The highest BCUT2D eigenvalue weighted by atomic mass is 32.2. The van der Waals surface area contributed by atoms with Crippen molar-refractivity contribution in [3.8, 4) is 0 Å². The van der Waals surface area contributed by atoms with Crippen molar-refractivity contribution in [3.05, 3.63) is 88.9 Å². The molecule has 1 aromatic heterocycles. The number of ether oxygens (including phenoxy) is 2. The second-order valence-electron chi connectivity index (χ2n) is 17.3. The quantitative estimate of drug-likeness (QED) is 0.0949. The van der Waals surface area contributed by atoms with E-state index < -0.39 is 51.1 Å². The van der Waals surface area contributed by atoms with Crippen molar-refractivity contribution in [2.45, 2.75) is 120 Å². The first-order chi connectivity index (χ1) is 28.1. The largest absolute Gasteiger partial charge is 0.479 e.